The molecule has 0 heterocycles. The minimum Gasteiger partial charge on any atom is -0.0616 e. The van der Waals surface area contributed by atoms with Crippen molar-refractivity contribution in [1.29, 1.82) is 0 Å². The van der Waals surface area contributed by atoms with E-state index >= 15 is 0 Å². The fourth-order valence-electron chi connectivity index (χ4n) is 13.4. The van der Waals surface area contributed by atoms with Crippen LogP contribution in [-0.4, -0.2) is 0 Å². The third kappa shape index (κ3) is 9.32. The second-order valence-electron chi connectivity index (χ2n) is 30.5. The number of benzene rings is 6. The van der Waals surface area contributed by atoms with Crippen molar-refractivity contribution >= 4 is 0 Å². The second kappa shape index (κ2) is 17.5. The van der Waals surface area contributed by atoms with Gasteiger partial charge < -0.3 is 0 Å². The van der Waals surface area contributed by atoms with Gasteiger partial charge in [-0.2, -0.15) is 0 Å². The molecule has 0 radical (unpaired) electrons. The first-order valence-electron chi connectivity index (χ1n) is 27.5. The molecule has 0 saturated carbocycles. The van der Waals surface area contributed by atoms with E-state index in [1.807, 2.05) is 0 Å². The monoisotopic (exact) mass is 961 g/mol. The van der Waals surface area contributed by atoms with E-state index in [1.165, 1.54) is 132 Å². The van der Waals surface area contributed by atoms with Gasteiger partial charge in [-0.25, -0.2) is 0 Å². The molecule has 0 spiro atoms. The van der Waals surface area contributed by atoms with Gasteiger partial charge in [0, 0.05) is 0 Å². The van der Waals surface area contributed by atoms with Crippen molar-refractivity contribution in [2.75, 3.05) is 0 Å². The highest BCUT2D eigenvalue weighted by atomic mass is 14.4. The number of hydrogen-bond donors (Lipinski definition) is 0. The van der Waals surface area contributed by atoms with Crippen molar-refractivity contribution in [3.63, 3.8) is 0 Å². The van der Waals surface area contributed by atoms with Crippen molar-refractivity contribution in [2.24, 2.45) is 0 Å². The lowest BCUT2D eigenvalue weighted by molar-refractivity contribution is 0.565. The van der Waals surface area contributed by atoms with E-state index in [4.69, 9.17) is 0 Å². The van der Waals surface area contributed by atoms with Crippen molar-refractivity contribution in [2.45, 2.75) is 237 Å². The van der Waals surface area contributed by atoms with Crippen LogP contribution in [0, 0.1) is 48.6 Å². The smallest absolute Gasteiger partial charge is 0.000719 e. The second-order valence-corrected chi connectivity index (χ2v) is 30.5. The summed E-state index contributed by atoms with van der Waals surface area (Å²) in [7, 11) is 0. The summed E-state index contributed by atoms with van der Waals surface area (Å²) >= 11 is 0. The Hall–Kier alpha value is -4.68. The highest BCUT2D eigenvalue weighted by molar-refractivity contribution is 6.08. The summed E-state index contributed by atoms with van der Waals surface area (Å²) < 4.78 is 0. The predicted octanol–water partition coefficient (Wildman–Crippen LogP) is 20.9. The van der Waals surface area contributed by atoms with Crippen LogP contribution in [0.15, 0.2) is 72.8 Å². The van der Waals surface area contributed by atoms with Crippen molar-refractivity contribution in [3.8, 4) is 44.5 Å². The molecule has 0 amide bonds. The number of aryl methyl sites for hydroxylation is 4. The molecule has 0 aromatic heterocycles. The average Bonchev–Trinajstić information content (AvgIpc) is 3.17. The molecular formula is C72H96. The molecule has 6 aromatic rings. The normalized spacial score (nSPS) is 13.8. The lowest BCUT2D eigenvalue weighted by atomic mass is 9.63. The van der Waals surface area contributed by atoms with Crippen LogP contribution in [0.25, 0.3) is 44.5 Å². The lowest BCUT2D eigenvalue weighted by Gasteiger charge is -2.40. The maximum absolute atomic E-state index is 2.52. The number of hydrogen-bond acceptors (Lipinski definition) is 0. The Balaban J connectivity index is 2.20. The molecule has 0 atom stereocenters. The van der Waals surface area contributed by atoms with Crippen molar-refractivity contribution < 1.29 is 0 Å². The van der Waals surface area contributed by atoms with Gasteiger partial charge in [0.1, 0.15) is 0 Å². The summed E-state index contributed by atoms with van der Waals surface area (Å²) in [4.78, 5) is 0. The van der Waals surface area contributed by atoms with E-state index in [1.54, 1.807) is 0 Å². The van der Waals surface area contributed by atoms with Crippen LogP contribution in [0.1, 0.15) is 233 Å². The Morgan fingerprint density at radius 1 is 0.208 bits per heavy atom. The van der Waals surface area contributed by atoms with Crippen molar-refractivity contribution in [3.05, 3.63) is 160 Å². The van der Waals surface area contributed by atoms with E-state index in [-0.39, 0.29) is 43.3 Å². The Kier molecular flexibility index (Phi) is 13.4. The molecular weight excluding hydrogens is 865 g/mol. The van der Waals surface area contributed by atoms with Gasteiger partial charge in [-0.15, -0.1) is 0 Å². The summed E-state index contributed by atoms with van der Waals surface area (Å²) in [6.07, 6.45) is 0. The van der Waals surface area contributed by atoms with Gasteiger partial charge in [0.15, 0.2) is 0 Å². The summed E-state index contributed by atoms with van der Waals surface area (Å²) in [5, 5.41) is 5.54. The lowest BCUT2D eigenvalue weighted by Crippen LogP contribution is -2.25. The zero-order valence-electron chi connectivity index (χ0n) is 50.9. The van der Waals surface area contributed by atoms with Gasteiger partial charge in [0.25, 0.3) is 0 Å². The molecule has 7 rings (SSSR count). The molecule has 0 saturated heterocycles. The predicted molar refractivity (Wildman–Crippen MR) is 319 cm³/mol. The van der Waals surface area contributed by atoms with Crippen LogP contribution < -0.4 is 0 Å². The highest BCUT2D eigenvalue weighted by Crippen LogP contribution is 2.60. The standard InChI is InChI=1S/C72H96/c1-41-33-37-47(65(5,6)7)53(61(41)69(17,18)19)57-51-45-31-29-30-32-46(45)52(51)58(54-48(66(8,9)10)38-34-42(2)62(54)70(20,21)22)60(56-50(68(14,15)16)40-36-44(4)64(56)72(26,27)28)59(57)55-49(67(11,12)13)39-35-43(3)63(55)71(23,24)25/h29-40H,1-28H3. The van der Waals surface area contributed by atoms with Crippen LogP contribution >= 0.6 is 0 Å². The Bertz CT molecular complexity index is 3130. The quantitative estimate of drug-likeness (QED) is 0.165. The minimum absolute atomic E-state index is 0.173. The third-order valence-corrected chi connectivity index (χ3v) is 15.9. The van der Waals surface area contributed by atoms with Gasteiger partial charge in [0.2, 0.25) is 0 Å². The van der Waals surface area contributed by atoms with Gasteiger partial charge in [-0.3, -0.25) is 0 Å². The highest BCUT2D eigenvalue weighted by Gasteiger charge is 2.42. The largest absolute Gasteiger partial charge is 0.0616 e. The van der Waals surface area contributed by atoms with E-state index in [9.17, 15) is 0 Å². The third-order valence-electron chi connectivity index (χ3n) is 15.9. The average molecular weight is 962 g/mol. The molecule has 72 heavy (non-hydrogen) atoms. The zero-order valence-corrected chi connectivity index (χ0v) is 50.9. The molecule has 0 bridgehead atoms. The Morgan fingerprint density at radius 3 is 0.583 bits per heavy atom. The molecule has 1 aliphatic carbocycles. The van der Waals surface area contributed by atoms with Gasteiger partial charge in [0.05, 0.1) is 0 Å². The molecule has 0 fully saturated rings. The van der Waals surface area contributed by atoms with Gasteiger partial charge >= 0.3 is 0 Å². The van der Waals surface area contributed by atoms with E-state index in [0.717, 1.165) is 0 Å². The molecule has 384 valence electrons. The maximum Gasteiger partial charge on any atom is -0.000719 e. The molecule has 0 unspecified atom stereocenters. The fraction of sp³-hybridized carbons (Fsp3) is 0.500. The number of fused-ring (bicyclic) bond motifs is 2. The Labute approximate surface area is 439 Å². The van der Waals surface area contributed by atoms with Crippen LogP contribution in [0.3, 0.4) is 0 Å². The Morgan fingerprint density at radius 2 is 0.403 bits per heavy atom. The van der Waals surface area contributed by atoms with E-state index < -0.39 is 0 Å². The van der Waals surface area contributed by atoms with Crippen LogP contribution in [0.4, 0.5) is 0 Å². The first-order valence-corrected chi connectivity index (χ1v) is 27.5. The molecule has 0 nitrogen and oxygen atoms in total. The first-order chi connectivity index (χ1) is 32.5. The summed E-state index contributed by atoms with van der Waals surface area (Å²) in [6.45, 7) is 68.6. The summed E-state index contributed by atoms with van der Waals surface area (Å²) in [5.41, 5.74) is 26.6. The minimum atomic E-state index is -0.203. The molecule has 6 aromatic carbocycles. The molecule has 0 aliphatic heterocycles. The molecule has 0 heteroatoms. The molecule has 1 aliphatic rings. The topological polar surface area (TPSA) is 0 Å². The molecule has 0 N–H and O–H groups in total. The van der Waals surface area contributed by atoms with Crippen LogP contribution in [0.5, 0.6) is 0 Å². The zero-order chi connectivity index (χ0) is 54.3. The first kappa shape index (κ1) is 55.1. The van der Waals surface area contributed by atoms with E-state index in [0.29, 0.717) is 0 Å². The number of rotatable bonds is 4. The summed E-state index contributed by atoms with van der Waals surface area (Å²) in [5.74, 6) is 0. The van der Waals surface area contributed by atoms with Crippen LogP contribution in [-0.2, 0) is 43.3 Å². The van der Waals surface area contributed by atoms with Gasteiger partial charge in [-0.05, 0) is 203 Å². The van der Waals surface area contributed by atoms with E-state index in [2.05, 4.69) is 267 Å². The fourth-order valence-corrected chi connectivity index (χ4v) is 13.4. The SMILES string of the molecule is Cc1ccc(C(C)(C)C)c(-c2c(-c3c(C(C)(C)C)ccc(C)c3C(C)(C)C)c(-c3c(C(C)(C)C)ccc(C)c3C(C)(C)C)c3c(c2-c2c(C(C)(C)C)ccc(C)c2C(C)(C)C)=c2ccccc2=3)c1C(C)(C)C. The summed E-state index contributed by atoms with van der Waals surface area (Å²) in [6, 6.07) is 29.3. The maximum atomic E-state index is 2.52. The van der Waals surface area contributed by atoms with Gasteiger partial charge in [-0.1, -0.05) is 239 Å². The van der Waals surface area contributed by atoms with Crippen molar-refractivity contribution in [1.82, 2.24) is 0 Å². The van der Waals surface area contributed by atoms with Crippen LogP contribution in [0.2, 0.25) is 0 Å².